The molecule has 0 bridgehead atoms. The molecule has 0 heterocycles. The number of aliphatic hydroxyl groups is 1. The van der Waals surface area contributed by atoms with Gasteiger partial charge in [-0.05, 0) is 28.2 Å². The van der Waals surface area contributed by atoms with Crippen LogP contribution < -0.4 is 0 Å². The van der Waals surface area contributed by atoms with E-state index in [0.717, 1.165) is 21.9 Å². The second-order valence-electron chi connectivity index (χ2n) is 5.03. The molecule has 0 spiro atoms. The minimum atomic E-state index is -1.31. The first kappa shape index (κ1) is 14.7. The Labute approximate surface area is 135 Å². The van der Waals surface area contributed by atoms with E-state index in [-0.39, 0.29) is 0 Å². The van der Waals surface area contributed by atoms with Gasteiger partial charge in [0.2, 0.25) is 0 Å². The summed E-state index contributed by atoms with van der Waals surface area (Å²) >= 11 is 1.40. The molecule has 0 saturated heterocycles. The number of rotatable bonds is 2. The number of benzene rings is 3. The maximum atomic E-state index is 11.4. The predicted molar refractivity (Wildman–Crippen MR) is 94.7 cm³/mol. The molecule has 0 aliphatic rings. The highest BCUT2D eigenvalue weighted by Gasteiger charge is 2.31. The van der Waals surface area contributed by atoms with Crippen molar-refractivity contribution in [3.63, 3.8) is 0 Å². The van der Waals surface area contributed by atoms with Crippen LogP contribution in [-0.2, 0) is 5.60 Å². The summed E-state index contributed by atoms with van der Waals surface area (Å²) in [4.78, 5) is 0. The van der Waals surface area contributed by atoms with E-state index in [9.17, 15) is 5.11 Å². The third kappa shape index (κ3) is 2.62. The van der Waals surface area contributed by atoms with Gasteiger partial charge in [-0.25, -0.2) is 0 Å². The fourth-order valence-electron chi connectivity index (χ4n) is 2.64. The standard InChI is InChI=1S/C20H16OS/c1-22-15-14-20(21,17-10-3-2-4-11-17)19-13-7-9-16-8-5-6-12-18(16)19/h2-13,21H,1H3. The first-order valence-corrected chi connectivity index (χ1v) is 8.29. The Morgan fingerprint density at radius 2 is 1.55 bits per heavy atom. The van der Waals surface area contributed by atoms with Crippen LogP contribution in [0.25, 0.3) is 10.8 Å². The van der Waals surface area contributed by atoms with Crippen LogP contribution in [0, 0.1) is 11.2 Å². The lowest BCUT2D eigenvalue weighted by atomic mass is 9.84. The van der Waals surface area contributed by atoms with Crippen molar-refractivity contribution in [2.24, 2.45) is 0 Å². The lowest BCUT2D eigenvalue weighted by molar-refractivity contribution is 0.147. The van der Waals surface area contributed by atoms with Crippen molar-refractivity contribution < 1.29 is 5.11 Å². The molecular formula is C20H16OS. The smallest absolute Gasteiger partial charge is 0.178 e. The van der Waals surface area contributed by atoms with Crippen molar-refractivity contribution in [1.29, 1.82) is 0 Å². The topological polar surface area (TPSA) is 20.2 Å². The van der Waals surface area contributed by atoms with Crippen molar-refractivity contribution in [1.82, 2.24) is 0 Å². The van der Waals surface area contributed by atoms with Gasteiger partial charge < -0.3 is 5.11 Å². The molecule has 0 fully saturated rings. The Kier molecular flexibility index (Phi) is 4.20. The quantitative estimate of drug-likeness (QED) is 0.708. The van der Waals surface area contributed by atoms with Crippen LogP contribution >= 0.6 is 11.8 Å². The Balaban J connectivity index is 2.30. The molecule has 1 N–H and O–H groups in total. The molecule has 0 amide bonds. The van der Waals surface area contributed by atoms with E-state index in [4.69, 9.17) is 0 Å². The molecule has 3 aromatic carbocycles. The lowest BCUT2D eigenvalue weighted by Gasteiger charge is -2.25. The molecule has 0 aliphatic carbocycles. The highest BCUT2D eigenvalue weighted by atomic mass is 32.2. The molecule has 3 aromatic rings. The van der Waals surface area contributed by atoms with Gasteiger partial charge in [-0.1, -0.05) is 84.6 Å². The van der Waals surface area contributed by atoms with Crippen molar-refractivity contribution in [2.75, 3.05) is 6.26 Å². The second kappa shape index (κ2) is 6.27. The van der Waals surface area contributed by atoms with Gasteiger partial charge in [0, 0.05) is 11.1 Å². The summed E-state index contributed by atoms with van der Waals surface area (Å²) in [6, 6.07) is 23.6. The number of thioether (sulfide) groups is 1. The van der Waals surface area contributed by atoms with Crippen molar-refractivity contribution in [3.05, 3.63) is 83.9 Å². The zero-order chi connectivity index (χ0) is 15.4. The highest BCUT2D eigenvalue weighted by Crippen LogP contribution is 2.34. The van der Waals surface area contributed by atoms with E-state index in [0.29, 0.717) is 0 Å². The third-order valence-corrected chi connectivity index (χ3v) is 4.01. The van der Waals surface area contributed by atoms with Crippen molar-refractivity contribution in [2.45, 2.75) is 5.60 Å². The van der Waals surface area contributed by atoms with Crippen LogP contribution in [0.1, 0.15) is 11.1 Å². The van der Waals surface area contributed by atoms with Gasteiger partial charge in [0.15, 0.2) is 5.60 Å². The van der Waals surface area contributed by atoms with Crippen LogP contribution in [0.3, 0.4) is 0 Å². The molecular weight excluding hydrogens is 288 g/mol. The summed E-state index contributed by atoms with van der Waals surface area (Å²) in [6.07, 6.45) is 1.90. The average Bonchev–Trinajstić information content (AvgIpc) is 2.60. The molecule has 1 unspecified atom stereocenters. The molecule has 0 radical (unpaired) electrons. The number of hydrogen-bond donors (Lipinski definition) is 1. The summed E-state index contributed by atoms with van der Waals surface area (Å²) in [5.74, 6) is 3.04. The Bertz CT molecular complexity index is 840. The molecule has 0 aromatic heterocycles. The summed E-state index contributed by atoms with van der Waals surface area (Å²) < 4.78 is 0. The molecule has 2 heteroatoms. The van der Waals surface area contributed by atoms with E-state index in [1.165, 1.54) is 11.8 Å². The zero-order valence-corrected chi connectivity index (χ0v) is 13.1. The average molecular weight is 304 g/mol. The highest BCUT2D eigenvalue weighted by molar-refractivity contribution is 8.03. The lowest BCUT2D eigenvalue weighted by Crippen LogP contribution is -2.25. The SMILES string of the molecule is CSC#CC(O)(c1ccccc1)c1cccc2ccccc12. The molecule has 1 atom stereocenters. The Morgan fingerprint density at radius 3 is 2.32 bits per heavy atom. The van der Waals surface area contributed by atoms with Crippen LogP contribution in [0.5, 0.6) is 0 Å². The van der Waals surface area contributed by atoms with E-state index in [2.05, 4.69) is 11.2 Å². The molecule has 108 valence electrons. The Hall–Kier alpha value is -2.21. The fourth-order valence-corrected chi connectivity index (χ4v) is 2.89. The summed E-state index contributed by atoms with van der Waals surface area (Å²) in [5, 5.41) is 16.5. The second-order valence-corrected chi connectivity index (χ2v) is 5.65. The van der Waals surface area contributed by atoms with Crippen molar-refractivity contribution in [3.8, 4) is 11.2 Å². The minimum Gasteiger partial charge on any atom is -0.369 e. The molecule has 3 rings (SSSR count). The first-order chi connectivity index (χ1) is 10.8. The van der Waals surface area contributed by atoms with E-state index in [1.54, 1.807) is 0 Å². The molecule has 22 heavy (non-hydrogen) atoms. The van der Waals surface area contributed by atoms with Gasteiger partial charge in [0.25, 0.3) is 0 Å². The number of hydrogen-bond acceptors (Lipinski definition) is 2. The van der Waals surface area contributed by atoms with Crippen LogP contribution in [0.15, 0.2) is 72.8 Å². The Morgan fingerprint density at radius 1 is 0.864 bits per heavy atom. The predicted octanol–water partition coefficient (Wildman–Crippen LogP) is 4.40. The maximum absolute atomic E-state index is 11.4. The normalized spacial score (nSPS) is 13.2. The third-order valence-electron chi connectivity index (χ3n) is 3.70. The van der Waals surface area contributed by atoms with Gasteiger partial charge in [-0.3, -0.25) is 0 Å². The molecule has 1 nitrogen and oxygen atoms in total. The first-order valence-electron chi connectivity index (χ1n) is 7.07. The van der Waals surface area contributed by atoms with Gasteiger partial charge in [0.05, 0.1) is 0 Å². The maximum Gasteiger partial charge on any atom is 0.178 e. The summed E-state index contributed by atoms with van der Waals surface area (Å²) in [6.45, 7) is 0. The van der Waals surface area contributed by atoms with Crippen LogP contribution in [0.2, 0.25) is 0 Å². The van der Waals surface area contributed by atoms with E-state index >= 15 is 0 Å². The van der Waals surface area contributed by atoms with Gasteiger partial charge in [0.1, 0.15) is 0 Å². The number of fused-ring (bicyclic) bond motifs is 1. The van der Waals surface area contributed by atoms with Gasteiger partial charge in [-0.15, -0.1) is 0 Å². The molecule has 0 aliphatic heterocycles. The van der Waals surface area contributed by atoms with E-state index < -0.39 is 5.60 Å². The largest absolute Gasteiger partial charge is 0.369 e. The summed E-state index contributed by atoms with van der Waals surface area (Å²) in [5.41, 5.74) is 0.289. The monoisotopic (exact) mass is 304 g/mol. The summed E-state index contributed by atoms with van der Waals surface area (Å²) in [7, 11) is 0. The van der Waals surface area contributed by atoms with E-state index in [1.807, 2.05) is 79.1 Å². The van der Waals surface area contributed by atoms with Crippen molar-refractivity contribution >= 4 is 22.5 Å². The van der Waals surface area contributed by atoms with Gasteiger partial charge in [-0.2, -0.15) is 0 Å². The van der Waals surface area contributed by atoms with Crippen LogP contribution in [0.4, 0.5) is 0 Å². The zero-order valence-electron chi connectivity index (χ0n) is 12.3. The fraction of sp³-hybridized carbons (Fsp3) is 0.100. The van der Waals surface area contributed by atoms with Gasteiger partial charge >= 0.3 is 0 Å². The minimum absolute atomic E-state index is 0.785. The van der Waals surface area contributed by atoms with Crippen LogP contribution in [-0.4, -0.2) is 11.4 Å². The molecule has 0 saturated carbocycles.